The normalized spacial score (nSPS) is 19.3. The number of nitrogens with one attached hydrogen (secondary N) is 4. The summed E-state index contributed by atoms with van der Waals surface area (Å²) < 4.78 is 9.90. The Morgan fingerprint density at radius 1 is 0.740 bits per heavy atom. The fraction of sp³-hybridized carbons (Fsp3) is 0.457. The van der Waals surface area contributed by atoms with Crippen LogP contribution in [0.1, 0.15) is 70.2 Å². The number of benzene rings is 1. The topological polar surface area (TPSA) is 183 Å². The van der Waals surface area contributed by atoms with Crippen LogP contribution in [0.25, 0.3) is 33.9 Å². The SMILES string of the molecule is COC(=O)N[C@@H](C)C(=O)N1CCC[C@H]1c1ncc(-c2ccc(-c3ncc(-c4cnc([C@@H]5CCCN5C(=O)[C@H](C)NC(C)OC)[nH]4)cn3)cc2)[nH]1. The first-order valence-electron chi connectivity index (χ1n) is 16.9. The van der Waals surface area contributed by atoms with Crippen molar-refractivity contribution in [1.82, 2.24) is 50.3 Å². The number of imidazole rings is 2. The molecule has 264 valence electrons. The van der Waals surface area contributed by atoms with Gasteiger partial charge in [-0.15, -0.1) is 0 Å². The van der Waals surface area contributed by atoms with Gasteiger partial charge >= 0.3 is 6.09 Å². The maximum absolute atomic E-state index is 13.2. The zero-order valence-electron chi connectivity index (χ0n) is 29.0. The highest BCUT2D eigenvalue weighted by atomic mass is 16.5. The fourth-order valence-electron chi connectivity index (χ4n) is 6.64. The molecule has 2 aliphatic rings. The van der Waals surface area contributed by atoms with Crippen LogP contribution in [-0.4, -0.2) is 103 Å². The molecule has 2 fully saturated rings. The molecule has 4 aromatic rings. The van der Waals surface area contributed by atoms with Crippen LogP contribution < -0.4 is 10.6 Å². The molecule has 0 bridgehead atoms. The Morgan fingerprint density at radius 2 is 1.26 bits per heavy atom. The van der Waals surface area contributed by atoms with Crippen LogP contribution in [0, 0.1) is 0 Å². The molecule has 15 heteroatoms. The van der Waals surface area contributed by atoms with E-state index < -0.39 is 12.1 Å². The minimum Gasteiger partial charge on any atom is -0.453 e. The second-order valence-corrected chi connectivity index (χ2v) is 12.7. The number of H-pyrrole nitrogens is 2. The number of carbonyl (C=O) groups excluding carboxylic acids is 3. The second kappa shape index (κ2) is 15.2. The lowest BCUT2D eigenvalue weighted by atomic mass is 10.1. The van der Waals surface area contributed by atoms with Crippen molar-refractivity contribution in [3.05, 3.63) is 60.7 Å². The number of hydrogen-bond donors (Lipinski definition) is 4. The molecule has 4 N–H and O–H groups in total. The van der Waals surface area contributed by atoms with Crippen molar-refractivity contribution in [3.63, 3.8) is 0 Å². The molecule has 0 radical (unpaired) electrons. The number of hydrogen-bond acceptors (Lipinski definition) is 10. The third kappa shape index (κ3) is 7.38. The first-order chi connectivity index (χ1) is 24.2. The molecular formula is C35H44N10O5. The summed E-state index contributed by atoms with van der Waals surface area (Å²) in [6.07, 6.45) is 9.57. The Labute approximate surface area is 290 Å². The maximum atomic E-state index is 13.2. The molecule has 15 nitrogen and oxygen atoms in total. The van der Waals surface area contributed by atoms with Gasteiger partial charge in [0.05, 0.1) is 49.0 Å². The molecule has 50 heavy (non-hydrogen) atoms. The maximum Gasteiger partial charge on any atom is 0.407 e. The van der Waals surface area contributed by atoms with E-state index in [1.807, 2.05) is 43.0 Å². The van der Waals surface area contributed by atoms with Crippen LogP contribution >= 0.6 is 0 Å². The summed E-state index contributed by atoms with van der Waals surface area (Å²) in [5.41, 5.74) is 4.20. The van der Waals surface area contributed by atoms with E-state index >= 15 is 0 Å². The van der Waals surface area contributed by atoms with E-state index in [0.717, 1.165) is 59.6 Å². The van der Waals surface area contributed by atoms with Gasteiger partial charge in [0.2, 0.25) is 11.8 Å². The Bertz CT molecular complexity index is 1790. The monoisotopic (exact) mass is 684 g/mol. The van der Waals surface area contributed by atoms with Gasteiger partial charge in [0.25, 0.3) is 0 Å². The van der Waals surface area contributed by atoms with Crippen molar-refractivity contribution in [3.8, 4) is 33.9 Å². The van der Waals surface area contributed by atoms with Gasteiger partial charge in [0, 0.05) is 43.7 Å². The third-order valence-electron chi connectivity index (χ3n) is 9.41. The number of ether oxygens (including phenoxy) is 2. The number of carbonyl (C=O) groups is 3. The number of aromatic amines is 2. The Hall–Kier alpha value is -5.15. The summed E-state index contributed by atoms with van der Waals surface area (Å²) in [6.45, 7) is 6.65. The minimum atomic E-state index is -0.708. The number of rotatable bonds is 11. The summed E-state index contributed by atoms with van der Waals surface area (Å²) in [6, 6.07) is 6.46. The lowest BCUT2D eigenvalue weighted by molar-refractivity contribution is -0.135. The number of amides is 3. The Morgan fingerprint density at radius 3 is 1.80 bits per heavy atom. The molecule has 3 aromatic heterocycles. The van der Waals surface area contributed by atoms with Crippen LogP contribution in [-0.2, 0) is 19.1 Å². The van der Waals surface area contributed by atoms with Crippen molar-refractivity contribution in [1.29, 1.82) is 0 Å². The molecule has 0 spiro atoms. The Balaban J connectivity index is 1.09. The summed E-state index contributed by atoms with van der Waals surface area (Å²) in [7, 11) is 2.88. The van der Waals surface area contributed by atoms with Crippen LogP contribution in [0.2, 0.25) is 0 Å². The lowest BCUT2D eigenvalue weighted by Gasteiger charge is -2.28. The van der Waals surface area contributed by atoms with Gasteiger partial charge in [0.15, 0.2) is 5.82 Å². The molecule has 0 saturated carbocycles. The zero-order valence-corrected chi connectivity index (χ0v) is 29.0. The number of nitrogens with zero attached hydrogens (tertiary/aromatic N) is 6. The van der Waals surface area contributed by atoms with E-state index in [1.54, 1.807) is 43.7 Å². The molecule has 5 atom stereocenters. The van der Waals surface area contributed by atoms with Gasteiger partial charge in [-0.25, -0.2) is 24.7 Å². The number of aromatic nitrogens is 6. The largest absolute Gasteiger partial charge is 0.453 e. The van der Waals surface area contributed by atoms with Crippen LogP contribution in [0.3, 0.4) is 0 Å². The van der Waals surface area contributed by atoms with Gasteiger partial charge in [-0.1, -0.05) is 24.3 Å². The predicted octanol–water partition coefficient (Wildman–Crippen LogP) is 3.97. The second-order valence-electron chi connectivity index (χ2n) is 12.7. The van der Waals surface area contributed by atoms with Crippen LogP contribution in [0.4, 0.5) is 4.79 Å². The molecule has 1 aromatic carbocycles. The molecule has 2 aliphatic heterocycles. The quantitative estimate of drug-likeness (QED) is 0.169. The minimum absolute atomic E-state index is 0.0227. The molecule has 3 amide bonds. The average Bonchev–Trinajstić information content (AvgIpc) is 3.97. The van der Waals surface area contributed by atoms with Gasteiger partial charge in [-0.05, 0) is 52.0 Å². The first-order valence-corrected chi connectivity index (χ1v) is 16.9. The highest BCUT2D eigenvalue weighted by molar-refractivity contribution is 5.86. The van der Waals surface area contributed by atoms with E-state index in [1.165, 1.54) is 7.11 Å². The van der Waals surface area contributed by atoms with Crippen molar-refractivity contribution in [2.75, 3.05) is 27.3 Å². The van der Waals surface area contributed by atoms with E-state index in [0.29, 0.717) is 24.7 Å². The predicted molar refractivity (Wildman–Crippen MR) is 184 cm³/mol. The zero-order chi connectivity index (χ0) is 35.4. The summed E-state index contributed by atoms with van der Waals surface area (Å²) in [5, 5.41) is 5.72. The van der Waals surface area contributed by atoms with E-state index in [-0.39, 0.29) is 36.2 Å². The molecule has 1 unspecified atom stereocenters. The standard InChI is InChI=1S/C35H44N10O5/c1-20(40-22(3)49-4)33(46)44-14-6-9-29(44)32-39-19-27(43-32)25-16-36-30(37-17-25)24-12-10-23(11-13-24)26-18-38-31(42-26)28-8-7-15-45(28)34(47)21(2)41-35(48)50-5/h10-13,16-22,28-29,40H,6-9,14-15H2,1-5H3,(H,38,42)(H,39,43)(H,41,48)/t20-,21-,22?,28-,29-/m0/s1. The molecule has 0 aliphatic carbocycles. The summed E-state index contributed by atoms with van der Waals surface area (Å²) in [4.78, 5) is 66.7. The number of alkyl carbamates (subject to hydrolysis) is 1. The molecule has 6 rings (SSSR count). The molecule has 5 heterocycles. The Kier molecular flexibility index (Phi) is 10.5. The van der Waals surface area contributed by atoms with E-state index in [9.17, 15) is 14.4 Å². The van der Waals surface area contributed by atoms with Gasteiger partial charge in [0.1, 0.15) is 23.9 Å². The van der Waals surface area contributed by atoms with Gasteiger partial charge < -0.3 is 34.6 Å². The first kappa shape index (κ1) is 34.7. The van der Waals surface area contributed by atoms with Crippen molar-refractivity contribution >= 4 is 17.9 Å². The highest BCUT2D eigenvalue weighted by Gasteiger charge is 2.36. The van der Waals surface area contributed by atoms with Gasteiger partial charge in [-0.2, -0.15) is 0 Å². The fourth-order valence-corrected chi connectivity index (χ4v) is 6.64. The summed E-state index contributed by atoms with van der Waals surface area (Å²) in [5.74, 6) is 1.88. The number of likely N-dealkylation sites (tertiary alicyclic amines) is 2. The van der Waals surface area contributed by atoms with Crippen molar-refractivity contribution in [2.45, 2.75) is 76.8 Å². The van der Waals surface area contributed by atoms with Crippen LogP contribution in [0.5, 0.6) is 0 Å². The molecule has 2 saturated heterocycles. The lowest BCUT2D eigenvalue weighted by Crippen LogP contribution is -2.48. The average molecular weight is 685 g/mol. The van der Waals surface area contributed by atoms with E-state index in [2.05, 4.69) is 45.3 Å². The van der Waals surface area contributed by atoms with Crippen molar-refractivity contribution in [2.24, 2.45) is 0 Å². The highest BCUT2D eigenvalue weighted by Crippen LogP contribution is 2.34. The molecular weight excluding hydrogens is 640 g/mol. The van der Waals surface area contributed by atoms with Crippen LogP contribution in [0.15, 0.2) is 49.1 Å². The number of methoxy groups -OCH3 is 2. The van der Waals surface area contributed by atoms with E-state index in [4.69, 9.17) is 4.74 Å². The van der Waals surface area contributed by atoms with Crippen molar-refractivity contribution < 1.29 is 23.9 Å². The summed E-state index contributed by atoms with van der Waals surface area (Å²) >= 11 is 0. The smallest absolute Gasteiger partial charge is 0.407 e. The van der Waals surface area contributed by atoms with Gasteiger partial charge in [-0.3, -0.25) is 14.9 Å². The third-order valence-corrected chi connectivity index (χ3v) is 9.41.